The summed E-state index contributed by atoms with van der Waals surface area (Å²) in [5.74, 6) is -0.145. The van der Waals surface area contributed by atoms with Crippen LogP contribution in [0.4, 0.5) is 5.69 Å². The van der Waals surface area contributed by atoms with Gasteiger partial charge in [-0.1, -0.05) is 23.7 Å². The number of carbonyl (C=O) groups is 1. The molecule has 0 aliphatic carbocycles. The third-order valence-corrected chi connectivity index (χ3v) is 3.29. The second-order valence-electron chi connectivity index (χ2n) is 4.88. The van der Waals surface area contributed by atoms with Gasteiger partial charge in [0.1, 0.15) is 0 Å². The summed E-state index contributed by atoms with van der Waals surface area (Å²) < 4.78 is 0. The Morgan fingerprint density at radius 1 is 1.25 bits per heavy atom. The quantitative estimate of drug-likeness (QED) is 0.846. The standard InChI is InChI=1S/C16H17ClN2O/c1-10-6-13(9-15(18)7-10)16(20)19-11(2)12-4-3-5-14(17)8-12/h3-9,11H,18H2,1-2H3,(H,19,20). The Bertz CT molecular complexity index is 620. The highest BCUT2D eigenvalue weighted by atomic mass is 35.5. The highest BCUT2D eigenvalue weighted by Crippen LogP contribution is 2.18. The number of nitrogens with two attached hydrogens (primary N) is 1. The molecule has 0 radical (unpaired) electrons. The first-order chi connectivity index (χ1) is 9.45. The van der Waals surface area contributed by atoms with Gasteiger partial charge in [0.2, 0.25) is 0 Å². The van der Waals surface area contributed by atoms with Crippen molar-refractivity contribution in [3.8, 4) is 0 Å². The monoisotopic (exact) mass is 288 g/mol. The number of hydrogen-bond acceptors (Lipinski definition) is 2. The molecular weight excluding hydrogens is 272 g/mol. The molecule has 0 spiro atoms. The van der Waals surface area contributed by atoms with Crippen LogP contribution in [0.5, 0.6) is 0 Å². The summed E-state index contributed by atoms with van der Waals surface area (Å²) in [6, 6.07) is 12.6. The molecular formula is C16H17ClN2O. The number of anilines is 1. The van der Waals surface area contributed by atoms with Gasteiger partial charge in [-0.25, -0.2) is 0 Å². The minimum atomic E-state index is -0.145. The molecule has 2 rings (SSSR count). The van der Waals surface area contributed by atoms with Gasteiger partial charge in [-0.2, -0.15) is 0 Å². The third-order valence-electron chi connectivity index (χ3n) is 3.06. The normalized spacial score (nSPS) is 11.9. The number of halogens is 1. The number of nitrogens with one attached hydrogen (secondary N) is 1. The van der Waals surface area contributed by atoms with Gasteiger partial charge in [0, 0.05) is 16.3 Å². The van der Waals surface area contributed by atoms with Gasteiger partial charge < -0.3 is 11.1 Å². The highest BCUT2D eigenvalue weighted by Gasteiger charge is 2.12. The van der Waals surface area contributed by atoms with Crippen LogP contribution < -0.4 is 11.1 Å². The number of carbonyl (C=O) groups excluding carboxylic acids is 1. The van der Waals surface area contributed by atoms with E-state index in [0.717, 1.165) is 11.1 Å². The van der Waals surface area contributed by atoms with Crippen molar-refractivity contribution in [3.05, 3.63) is 64.2 Å². The summed E-state index contributed by atoms with van der Waals surface area (Å²) >= 11 is 5.95. The average molecular weight is 289 g/mol. The van der Waals surface area contributed by atoms with Crippen molar-refractivity contribution in [1.29, 1.82) is 0 Å². The lowest BCUT2D eigenvalue weighted by atomic mass is 10.1. The molecule has 1 amide bonds. The molecule has 1 unspecified atom stereocenters. The fraction of sp³-hybridized carbons (Fsp3) is 0.188. The van der Waals surface area contributed by atoms with Crippen LogP contribution in [-0.2, 0) is 0 Å². The van der Waals surface area contributed by atoms with Crippen LogP contribution in [0, 0.1) is 6.92 Å². The maximum Gasteiger partial charge on any atom is 0.251 e. The molecule has 104 valence electrons. The van der Waals surface area contributed by atoms with Crippen molar-refractivity contribution < 1.29 is 4.79 Å². The molecule has 3 N–H and O–H groups in total. The van der Waals surface area contributed by atoms with Crippen LogP contribution in [-0.4, -0.2) is 5.91 Å². The van der Waals surface area contributed by atoms with Crippen LogP contribution in [0.15, 0.2) is 42.5 Å². The van der Waals surface area contributed by atoms with Crippen molar-refractivity contribution in [1.82, 2.24) is 5.32 Å². The first kappa shape index (κ1) is 14.4. The molecule has 0 saturated carbocycles. The SMILES string of the molecule is Cc1cc(N)cc(C(=O)NC(C)c2cccc(Cl)c2)c1. The van der Waals surface area contributed by atoms with Gasteiger partial charge >= 0.3 is 0 Å². The Morgan fingerprint density at radius 2 is 2.00 bits per heavy atom. The molecule has 0 bridgehead atoms. The van der Waals surface area contributed by atoms with E-state index in [2.05, 4.69) is 5.32 Å². The molecule has 4 heteroatoms. The number of aryl methyl sites for hydroxylation is 1. The first-order valence-electron chi connectivity index (χ1n) is 6.39. The van der Waals surface area contributed by atoms with Crippen molar-refractivity contribution in [2.45, 2.75) is 19.9 Å². The van der Waals surface area contributed by atoms with Gasteiger partial charge in [0.25, 0.3) is 5.91 Å². The van der Waals surface area contributed by atoms with Crippen molar-refractivity contribution in [3.63, 3.8) is 0 Å². The molecule has 0 heterocycles. The zero-order valence-electron chi connectivity index (χ0n) is 11.5. The van der Waals surface area contributed by atoms with E-state index < -0.39 is 0 Å². The van der Waals surface area contributed by atoms with Gasteiger partial charge in [-0.15, -0.1) is 0 Å². The predicted molar refractivity (Wildman–Crippen MR) is 82.9 cm³/mol. The molecule has 0 fully saturated rings. The average Bonchev–Trinajstić information content (AvgIpc) is 2.37. The molecule has 0 saturated heterocycles. The lowest BCUT2D eigenvalue weighted by Crippen LogP contribution is -2.26. The second kappa shape index (κ2) is 5.97. The van der Waals surface area contributed by atoms with Gasteiger partial charge in [-0.3, -0.25) is 4.79 Å². The number of hydrogen-bond donors (Lipinski definition) is 2. The van der Waals surface area contributed by atoms with Crippen molar-refractivity contribution in [2.24, 2.45) is 0 Å². The minimum absolute atomic E-state index is 0.122. The molecule has 3 nitrogen and oxygen atoms in total. The summed E-state index contributed by atoms with van der Waals surface area (Å²) in [5.41, 5.74) is 8.84. The number of nitrogen functional groups attached to an aromatic ring is 1. The topological polar surface area (TPSA) is 55.1 Å². The molecule has 20 heavy (non-hydrogen) atoms. The minimum Gasteiger partial charge on any atom is -0.399 e. The zero-order chi connectivity index (χ0) is 14.7. The summed E-state index contributed by atoms with van der Waals surface area (Å²) in [4.78, 5) is 12.2. The molecule has 0 aromatic heterocycles. The Hall–Kier alpha value is -2.00. The van der Waals surface area contributed by atoms with E-state index in [1.54, 1.807) is 12.1 Å². The van der Waals surface area contributed by atoms with Gasteiger partial charge in [0.15, 0.2) is 0 Å². The van der Waals surface area contributed by atoms with E-state index >= 15 is 0 Å². The van der Waals surface area contributed by atoms with E-state index in [-0.39, 0.29) is 11.9 Å². The summed E-state index contributed by atoms with van der Waals surface area (Å²) in [5, 5.41) is 3.60. The van der Waals surface area contributed by atoms with E-state index in [0.29, 0.717) is 16.3 Å². The van der Waals surface area contributed by atoms with E-state index in [1.165, 1.54) is 0 Å². The maximum atomic E-state index is 12.2. The lowest BCUT2D eigenvalue weighted by Gasteiger charge is -2.15. The van der Waals surface area contributed by atoms with Crippen LogP contribution in [0.3, 0.4) is 0 Å². The Morgan fingerprint density at radius 3 is 2.65 bits per heavy atom. The first-order valence-corrected chi connectivity index (χ1v) is 6.77. The Kier molecular flexibility index (Phi) is 4.30. The predicted octanol–water partition coefficient (Wildman–Crippen LogP) is 3.72. The van der Waals surface area contributed by atoms with Gasteiger partial charge in [0.05, 0.1) is 6.04 Å². The molecule has 2 aromatic carbocycles. The smallest absolute Gasteiger partial charge is 0.251 e. The van der Waals surface area contributed by atoms with E-state index in [1.807, 2.05) is 44.2 Å². The Labute approximate surface area is 123 Å². The van der Waals surface area contributed by atoms with Crippen LogP contribution in [0.25, 0.3) is 0 Å². The largest absolute Gasteiger partial charge is 0.399 e. The fourth-order valence-electron chi connectivity index (χ4n) is 2.08. The van der Waals surface area contributed by atoms with Crippen LogP contribution in [0.2, 0.25) is 5.02 Å². The number of rotatable bonds is 3. The van der Waals surface area contributed by atoms with Crippen LogP contribution >= 0.6 is 11.6 Å². The number of benzene rings is 2. The summed E-state index contributed by atoms with van der Waals surface area (Å²) in [6.45, 7) is 3.83. The maximum absolute atomic E-state index is 12.2. The fourth-order valence-corrected chi connectivity index (χ4v) is 2.28. The zero-order valence-corrected chi connectivity index (χ0v) is 12.2. The second-order valence-corrected chi connectivity index (χ2v) is 5.32. The number of amides is 1. The molecule has 1 atom stereocenters. The lowest BCUT2D eigenvalue weighted by molar-refractivity contribution is 0.0940. The summed E-state index contributed by atoms with van der Waals surface area (Å²) in [6.07, 6.45) is 0. The van der Waals surface area contributed by atoms with Crippen molar-refractivity contribution >= 4 is 23.2 Å². The highest BCUT2D eigenvalue weighted by molar-refractivity contribution is 6.30. The molecule has 0 aliphatic rings. The van der Waals surface area contributed by atoms with Crippen molar-refractivity contribution in [2.75, 3.05) is 5.73 Å². The summed E-state index contributed by atoms with van der Waals surface area (Å²) in [7, 11) is 0. The van der Waals surface area contributed by atoms with E-state index in [4.69, 9.17) is 17.3 Å². The van der Waals surface area contributed by atoms with Crippen LogP contribution in [0.1, 0.15) is 34.5 Å². The van der Waals surface area contributed by atoms with Gasteiger partial charge in [-0.05, 0) is 55.3 Å². The third kappa shape index (κ3) is 3.52. The van der Waals surface area contributed by atoms with E-state index in [9.17, 15) is 4.79 Å². The Balaban J connectivity index is 2.15. The molecule has 2 aromatic rings. The molecule has 0 aliphatic heterocycles.